The van der Waals surface area contributed by atoms with Gasteiger partial charge in [0.05, 0.1) is 35.7 Å². The van der Waals surface area contributed by atoms with Crippen molar-refractivity contribution in [3.05, 3.63) is 88.3 Å². The Morgan fingerprint density at radius 2 is 1.66 bits per heavy atom. The lowest BCUT2D eigenvalue weighted by Gasteiger charge is -2.27. The summed E-state index contributed by atoms with van der Waals surface area (Å²) in [6.45, 7) is 5.23. The topological polar surface area (TPSA) is 73.0 Å². The van der Waals surface area contributed by atoms with Crippen molar-refractivity contribution in [2.75, 3.05) is 6.54 Å². The van der Waals surface area contributed by atoms with Crippen molar-refractivity contribution < 1.29 is 4.79 Å². The van der Waals surface area contributed by atoms with E-state index < -0.39 is 0 Å². The molecule has 0 spiro atoms. The fraction of sp³-hybridized carbons (Fsp3) is 0.200. The quantitative estimate of drug-likeness (QED) is 0.504. The van der Waals surface area contributed by atoms with Gasteiger partial charge in [-0.15, -0.1) is 0 Å². The van der Waals surface area contributed by atoms with E-state index in [0.717, 1.165) is 33.8 Å². The summed E-state index contributed by atoms with van der Waals surface area (Å²) in [7, 11) is 0. The predicted octanol–water partition coefficient (Wildman–Crippen LogP) is 3.43. The number of carbonyl (C=O) groups is 1. The number of rotatable bonds is 3. The smallest absolute Gasteiger partial charge is 0.271 e. The number of hydrogen-bond donors (Lipinski definition) is 0. The summed E-state index contributed by atoms with van der Waals surface area (Å²) in [5.74, 6) is 0.0301. The van der Waals surface area contributed by atoms with Crippen LogP contribution < -0.4 is 5.56 Å². The lowest BCUT2D eigenvalue weighted by atomic mass is 10.0. The highest BCUT2D eigenvalue weighted by Crippen LogP contribution is 2.35. The molecule has 3 heterocycles. The number of carbonyl (C=O) groups excluding carboxylic acids is 1. The lowest BCUT2D eigenvalue weighted by Crippen LogP contribution is -2.37. The van der Waals surface area contributed by atoms with Gasteiger partial charge in [0.25, 0.3) is 5.56 Å². The van der Waals surface area contributed by atoms with Gasteiger partial charge in [-0.1, -0.05) is 48.5 Å². The van der Waals surface area contributed by atoms with Gasteiger partial charge in [0.15, 0.2) is 0 Å². The molecule has 5 rings (SSSR count). The molecule has 1 aliphatic rings. The highest BCUT2D eigenvalue weighted by atomic mass is 16.2. The van der Waals surface area contributed by atoms with E-state index in [0.29, 0.717) is 25.3 Å². The Morgan fingerprint density at radius 3 is 2.41 bits per heavy atom. The molecule has 0 radical (unpaired) electrons. The van der Waals surface area contributed by atoms with Gasteiger partial charge in [-0.2, -0.15) is 14.9 Å². The van der Waals surface area contributed by atoms with Gasteiger partial charge in [-0.25, -0.2) is 0 Å². The standard InChI is InChI=1S/C25H23N5O2/c1-17-8-6-7-11-21(17)30-23(32)13-12-20(26-30)24-22-16-28(18(2)31)14-15-29(22)27-25(24)19-9-4-3-5-10-19/h3-13H,14-16H2,1-2H3. The summed E-state index contributed by atoms with van der Waals surface area (Å²) in [6, 6.07) is 20.9. The van der Waals surface area contributed by atoms with Crippen LogP contribution >= 0.6 is 0 Å². The van der Waals surface area contributed by atoms with E-state index in [2.05, 4.69) is 0 Å². The largest absolute Gasteiger partial charge is 0.335 e. The van der Waals surface area contributed by atoms with Gasteiger partial charge < -0.3 is 4.90 Å². The van der Waals surface area contributed by atoms with Crippen molar-refractivity contribution in [3.63, 3.8) is 0 Å². The zero-order chi connectivity index (χ0) is 22.2. The first kappa shape index (κ1) is 19.9. The van der Waals surface area contributed by atoms with Gasteiger partial charge >= 0.3 is 0 Å². The Balaban J connectivity index is 1.74. The third-order valence-electron chi connectivity index (χ3n) is 5.87. The molecule has 2 aromatic heterocycles. The van der Waals surface area contributed by atoms with Gasteiger partial charge in [0.1, 0.15) is 5.69 Å². The van der Waals surface area contributed by atoms with E-state index in [9.17, 15) is 9.59 Å². The minimum atomic E-state index is -0.198. The monoisotopic (exact) mass is 425 g/mol. The van der Waals surface area contributed by atoms with Crippen LogP contribution in [0.3, 0.4) is 0 Å². The van der Waals surface area contributed by atoms with Crippen molar-refractivity contribution in [2.24, 2.45) is 0 Å². The van der Waals surface area contributed by atoms with Crippen LogP contribution in [-0.4, -0.2) is 36.9 Å². The molecule has 32 heavy (non-hydrogen) atoms. The maximum absolute atomic E-state index is 12.7. The molecule has 4 aromatic rings. The Morgan fingerprint density at radius 1 is 0.906 bits per heavy atom. The zero-order valence-electron chi connectivity index (χ0n) is 18.0. The molecular formula is C25H23N5O2. The van der Waals surface area contributed by atoms with E-state index >= 15 is 0 Å². The minimum Gasteiger partial charge on any atom is -0.335 e. The van der Waals surface area contributed by atoms with Crippen molar-refractivity contribution in [3.8, 4) is 28.2 Å². The molecule has 0 fully saturated rings. The summed E-state index contributed by atoms with van der Waals surface area (Å²) in [4.78, 5) is 26.6. The van der Waals surface area contributed by atoms with E-state index in [1.165, 1.54) is 4.68 Å². The first-order valence-corrected chi connectivity index (χ1v) is 10.6. The molecule has 0 N–H and O–H groups in total. The summed E-state index contributed by atoms with van der Waals surface area (Å²) < 4.78 is 3.40. The van der Waals surface area contributed by atoms with Crippen LogP contribution in [0.4, 0.5) is 0 Å². The third-order valence-corrected chi connectivity index (χ3v) is 5.87. The highest BCUT2D eigenvalue weighted by molar-refractivity contribution is 5.82. The fourth-order valence-corrected chi connectivity index (χ4v) is 4.17. The number of hydrogen-bond acceptors (Lipinski definition) is 4. The molecule has 0 saturated heterocycles. The number of amides is 1. The molecule has 0 bridgehead atoms. The Labute approximate surface area is 185 Å². The van der Waals surface area contributed by atoms with Crippen LogP contribution in [0.15, 0.2) is 71.5 Å². The maximum atomic E-state index is 12.7. The lowest BCUT2D eigenvalue weighted by molar-refractivity contribution is -0.130. The van der Waals surface area contributed by atoms with Crippen molar-refractivity contribution in [1.82, 2.24) is 24.5 Å². The van der Waals surface area contributed by atoms with Crippen molar-refractivity contribution in [1.29, 1.82) is 0 Å². The van der Waals surface area contributed by atoms with Crippen LogP contribution in [0.1, 0.15) is 18.2 Å². The van der Waals surface area contributed by atoms with Crippen LogP contribution in [0, 0.1) is 6.92 Å². The van der Waals surface area contributed by atoms with Crippen molar-refractivity contribution >= 4 is 5.91 Å². The number of nitrogens with zero attached hydrogens (tertiary/aromatic N) is 5. The Kier molecular flexibility index (Phi) is 4.93. The molecule has 2 aromatic carbocycles. The average molecular weight is 425 g/mol. The molecule has 0 unspecified atom stereocenters. The Hall–Kier alpha value is -4.00. The molecule has 0 aliphatic carbocycles. The van der Waals surface area contributed by atoms with E-state index in [1.807, 2.05) is 71.1 Å². The molecule has 0 saturated carbocycles. The molecule has 1 amide bonds. The minimum absolute atomic E-state index is 0.0301. The molecule has 7 nitrogen and oxygen atoms in total. The van der Waals surface area contributed by atoms with Crippen LogP contribution in [0.5, 0.6) is 0 Å². The summed E-state index contributed by atoms with van der Waals surface area (Å²) in [6.07, 6.45) is 0. The number of fused-ring (bicyclic) bond motifs is 1. The predicted molar refractivity (Wildman–Crippen MR) is 122 cm³/mol. The second-order valence-corrected chi connectivity index (χ2v) is 7.96. The van der Waals surface area contributed by atoms with E-state index in [1.54, 1.807) is 19.1 Å². The maximum Gasteiger partial charge on any atom is 0.271 e. The van der Waals surface area contributed by atoms with Crippen LogP contribution in [0.25, 0.3) is 28.2 Å². The number of para-hydroxylation sites is 1. The van der Waals surface area contributed by atoms with Crippen LogP contribution in [-0.2, 0) is 17.9 Å². The van der Waals surface area contributed by atoms with Gasteiger partial charge in [0, 0.05) is 25.1 Å². The normalized spacial score (nSPS) is 13.1. The average Bonchev–Trinajstić information content (AvgIpc) is 3.19. The molecule has 7 heteroatoms. The first-order chi connectivity index (χ1) is 15.5. The summed E-state index contributed by atoms with van der Waals surface area (Å²) in [5, 5.41) is 9.64. The summed E-state index contributed by atoms with van der Waals surface area (Å²) in [5.41, 5.74) is 5.70. The summed E-state index contributed by atoms with van der Waals surface area (Å²) >= 11 is 0. The SMILES string of the molecule is CC(=O)N1CCn2nc(-c3ccccc3)c(-c3ccc(=O)n(-c4ccccc4C)n3)c2C1. The second kappa shape index (κ2) is 7.92. The Bertz CT molecular complexity index is 1370. The van der Waals surface area contributed by atoms with Gasteiger partial charge in [-0.05, 0) is 24.6 Å². The van der Waals surface area contributed by atoms with Gasteiger partial charge in [0.2, 0.25) is 5.91 Å². The first-order valence-electron chi connectivity index (χ1n) is 10.6. The molecular weight excluding hydrogens is 402 g/mol. The zero-order valence-corrected chi connectivity index (χ0v) is 18.0. The molecule has 1 aliphatic heterocycles. The third kappa shape index (κ3) is 3.41. The van der Waals surface area contributed by atoms with Gasteiger partial charge in [-0.3, -0.25) is 14.3 Å². The van der Waals surface area contributed by atoms with E-state index in [-0.39, 0.29) is 11.5 Å². The van der Waals surface area contributed by atoms with E-state index in [4.69, 9.17) is 10.2 Å². The fourth-order valence-electron chi connectivity index (χ4n) is 4.17. The second-order valence-electron chi connectivity index (χ2n) is 7.96. The number of benzene rings is 2. The molecule has 160 valence electrons. The van der Waals surface area contributed by atoms with Crippen molar-refractivity contribution in [2.45, 2.75) is 26.9 Å². The highest BCUT2D eigenvalue weighted by Gasteiger charge is 2.28. The number of aryl methyl sites for hydroxylation is 1. The number of aromatic nitrogens is 4. The molecule has 0 atom stereocenters. The van der Waals surface area contributed by atoms with Crippen LogP contribution in [0.2, 0.25) is 0 Å².